The van der Waals surface area contributed by atoms with Crippen molar-refractivity contribution in [2.75, 3.05) is 12.4 Å². The first-order valence-corrected chi connectivity index (χ1v) is 8.74. The van der Waals surface area contributed by atoms with Crippen LogP contribution >= 0.6 is 31.9 Å². The topological polar surface area (TPSA) is 99.4 Å². The molecule has 0 aliphatic heterocycles. The van der Waals surface area contributed by atoms with Gasteiger partial charge in [-0.3, -0.25) is 4.79 Å². The highest BCUT2D eigenvalue weighted by Gasteiger charge is 2.12. The zero-order valence-electron chi connectivity index (χ0n) is 13.4. The van der Waals surface area contributed by atoms with Gasteiger partial charge in [0.2, 0.25) is 0 Å². The minimum atomic E-state index is -1.06. The molecule has 2 aromatic rings. The molecule has 1 amide bonds. The number of carbonyl (C=O) groups is 2. The van der Waals surface area contributed by atoms with Crippen molar-refractivity contribution in [3.8, 4) is 11.8 Å². The third kappa shape index (κ3) is 4.71. The van der Waals surface area contributed by atoms with E-state index in [-0.39, 0.29) is 11.1 Å². The summed E-state index contributed by atoms with van der Waals surface area (Å²) in [5.74, 6) is -1.06. The van der Waals surface area contributed by atoms with E-state index in [1.165, 1.54) is 37.5 Å². The van der Waals surface area contributed by atoms with Gasteiger partial charge in [0.1, 0.15) is 17.4 Å². The molecular weight excluding hydrogens is 468 g/mol. The lowest BCUT2D eigenvalue weighted by Gasteiger charge is -2.08. The van der Waals surface area contributed by atoms with Crippen LogP contribution in [0.15, 0.2) is 50.9 Å². The van der Waals surface area contributed by atoms with E-state index in [1.54, 1.807) is 12.1 Å². The highest BCUT2D eigenvalue weighted by atomic mass is 79.9. The van der Waals surface area contributed by atoms with E-state index in [1.807, 2.05) is 6.07 Å². The van der Waals surface area contributed by atoms with E-state index in [0.29, 0.717) is 25.9 Å². The number of nitrogens with zero attached hydrogens (tertiary/aromatic N) is 1. The number of nitriles is 1. The second kappa shape index (κ2) is 8.65. The Morgan fingerprint density at radius 2 is 1.77 bits per heavy atom. The standard InChI is InChI=1S/C18H12Br2N2O4/c1-26-16-14(19)7-10(8-15(16)20)6-12(9-21)17(23)22-13-4-2-11(3-5-13)18(24)25/h2-8H,1H3,(H,22,23)(H,24,25)/b12-6+. The minimum Gasteiger partial charge on any atom is -0.494 e. The van der Waals surface area contributed by atoms with Gasteiger partial charge in [-0.2, -0.15) is 5.26 Å². The number of hydrogen-bond donors (Lipinski definition) is 2. The van der Waals surface area contributed by atoms with E-state index in [0.717, 1.165) is 0 Å². The minimum absolute atomic E-state index is 0.101. The van der Waals surface area contributed by atoms with Gasteiger partial charge in [0, 0.05) is 5.69 Å². The van der Waals surface area contributed by atoms with Crippen molar-refractivity contribution >= 4 is 55.5 Å². The van der Waals surface area contributed by atoms with Gasteiger partial charge >= 0.3 is 5.97 Å². The molecule has 2 rings (SSSR count). The molecule has 0 aromatic heterocycles. The molecule has 0 saturated heterocycles. The Kier molecular flexibility index (Phi) is 6.55. The number of rotatable bonds is 5. The molecule has 132 valence electrons. The Hall–Kier alpha value is -2.63. The third-order valence-corrected chi connectivity index (χ3v) is 4.47. The van der Waals surface area contributed by atoms with Gasteiger partial charge in [-0.1, -0.05) is 0 Å². The molecule has 0 spiro atoms. The summed E-state index contributed by atoms with van der Waals surface area (Å²) in [5.41, 5.74) is 1.01. The molecular formula is C18H12Br2N2O4. The number of benzene rings is 2. The molecule has 0 saturated carbocycles. The predicted octanol–water partition coefficient (Wildman–Crippen LogP) is 4.46. The molecule has 0 atom stereocenters. The average Bonchev–Trinajstić information content (AvgIpc) is 2.59. The fourth-order valence-corrected chi connectivity index (χ4v) is 3.61. The molecule has 0 unspecified atom stereocenters. The van der Waals surface area contributed by atoms with Crippen molar-refractivity contribution in [3.63, 3.8) is 0 Å². The molecule has 2 N–H and O–H groups in total. The molecule has 6 nitrogen and oxygen atoms in total. The lowest BCUT2D eigenvalue weighted by molar-refractivity contribution is -0.112. The fourth-order valence-electron chi connectivity index (χ4n) is 2.07. The van der Waals surface area contributed by atoms with Gasteiger partial charge in [-0.05, 0) is 79.9 Å². The molecule has 0 radical (unpaired) electrons. The molecule has 26 heavy (non-hydrogen) atoms. The Morgan fingerprint density at radius 1 is 1.19 bits per heavy atom. The molecule has 8 heteroatoms. The van der Waals surface area contributed by atoms with E-state index in [4.69, 9.17) is 9.84 Å². The van der Waals surface area contributed by atoms with Crippen LogP contribution in [0.25, 0.3) is 6.08 Å². The summed E-state index contributed by atoms with van der Waals surface area (Å²) >= 11 is 6.73. The van der Waals surface area contributed by atoms with E-state index in [9.17, 15) is 14.9 Å². The number of ether oxygens (including phenoxy) is 1. The van der Waals surface area contributed by atoms with Crippen LogP contribution in [0.2, 0.25) is 0 Å². The number of carboxylic acids is 1. The van der Waals surface area contributed by atoms with Crippen LogP contribution in [0.1, 0.15) is 15.9 Å². The highest BCUT2D eigenvalue weighted by molar-refractivity contribution is 9.11. The number of hydrogen-bond acceptors (Lipinski definition) is 4. The Balaban J connectivity index is 2.24. The zero-order valence-corrected chi connectivity index (χ0v) is 16.6. The molecule has 0 heterocycles. The lowest BCUT2D eigenvalue weighted by atomic mass is 10.1. The number of anilines is 1. The normalized spacial score (nSPS) is 10.8. The van der Waals surface area contributed by atoms with Crippen molar-refractivity contribution in [1.82, 2.24) is 0 Å². The number of amides is 1. The van der Waals surface area contributed by atoms with E-state index in [2.05, 4.69) is 37.2 Å². The van der Waals surface area contributed by atoms with Crippen LogP contribution in [-0.2, 0) is 4.79 Å². The van der Waals surface area contributed by atoms with E-state index < -0.39 is 11.9 Å². The van der Waals surface area contributed by atoms with Crippen molar-refractivity contribution in [3.05, 3.63) is 62.0 Å². The van der Waals surface area contributed by atoms with Gasteiger partial charge in [0.25, 0.3) is 5.91 Å². The van der Waals surface area contributed by atoms with Crippen LogP contribution in [0, 0.1) is 11.3 Å². The number of methoxy groups -OCH3 is 1. The summed E-state index contributed by atoms with van der Waals surface area (Å²) in [6, 6.07) is 10.9. The van der Waals surface area contributed by atoms with Gasteiger partial charge in [0.15, 0.2) is 0 Å². The molecule has 0 aliphatic carbocycles. The fraction of sp³-hybridized carbons (Fsp3) is 0.0556. The Morgan fingerprint density at radius 3 is 2.23 bits per heavy atom. The van der Waals surface area contributed by atoms with Crippen LogP contribution < -0.4 is 10.1 Å². The summed E-state index contributed by atoms with van der Waals surface area (Å²) in [6.45, 7) is 0. The predicted molar refractivity (Wildman–Crippen MR) is 104 cm³/mol. The maximum Gasteiger partial charge on any atom is 0.335 e. The van der Waals surface area contributed by atoms with Crippen molar-refractivity contribution in [2.24, 2.45) is 0 Å². The number of carbonyl (C=O) groups excluding carboxylic acids is 1. The summed E-state index contributed by atoms with van der Waals surface area (Å²) in [7, 11) is 1.53. The first kappa shape index (κ1) is 19.7. The second-order valence-corrected chi connectivity index (χ2v) is 6.73. The quantitative estimate of drug-likeness (QED) is 0.487. The largest absolute Gasteiger partial charge is 0.494 e. The molecule has 0 bridgehead atoms. The van der Waals surface area contributed by atoms with Crippen LogP contribution in [0.5, 0.6) is 5.75 Å². The van der Waals surface area contributed by atoms with Gasteiger partial charge in [-0.15, -0.1) is 0 Å². The summed E-state index contributed by atoms with van der Waals surface area (Å²) in [4.78, 5) is 23.1. The number of aromatic carboxylic acids is 1. The number of carboxylic acid groups (broad SMARTS) is 1. The van der Waals surface area contributed by atoms with Crippen molar-refractivity contribution < 1.29 is 19.4 Å². The van der Waals surface area contributed by atoms with Gasteiger partial charge < -0.3 is 15.2 Å². The van der Waals surface area contributed by atoms with Crippen molar-refractivity contribution in [1.29, 1.82) is 5.26 Å². The summed E-state index contributed by atoms with van der Waals surface area (Å²) in [6.07, 6.45) is 1.44. The Labute approximate surface area is 166 Å². The zero-order chi connectivity index (χ0) is 19.3. The van der Waals surface area contributed by atoms with Crippen LogP contribution in [-0.4, -0.2) is 24.1 Å². The van der Waals surface area contributed by atoms with E-state index >= 15 is 0 Å². The molecule has 0 aliphatic rings. The number of nitrogens with one attached hydrogen (secondary N) is 1. The third-order valence-electron chi connectivity index (χ3n) is 3.29. The Bertz CT molecular complexity index is 908. The first-order chi connectivity index (χ1) is 12.3. The van der Waals surface area contributed by atoms with Gasteiger partial charge in [-0.25, -0.2) is 4.79 Å². The van der Waals surface area contributed by atoms with Crippen molar-refractivity contribution in [2.45, 2.75) is 0 Å². The highest BCUT2D eigenvalue weighted by Crippen LogP contribution is 2.35. The smallest absolute Gasteiger partial charge is 0.335 e. The molecule has 2 aromatic carbocycles. The molecule has 0 fully saturated rings. The second-order valence-electron chi connectivity index (χ2n) is 5.02. The average molecular weight is 480 g/mol. The van der Waals surface area contributed by atoms with Gasteiger partial charge in [0.05, 0.1) is 21.6 Å². The SMILES string of the molecule is COc1c(Br)cc(/C=C(\C#N)C(=O)Nc2ccc(C(=O)O)cc2)cc1Br. The maximum atomic E-state index is 12.3. The van der Waals surface area contributed by atoms with Crippen LogP contribution in [0.3, 0.4) is 0 Å². The maximum absolute atomic E-state index is 12.3. The van der Waals surface area contributed by atoms with Crippen LogP contribution in [0.4, 0.5) is 5.69 Å². The number of halogens is 2. The monoisotopic (exact) mass is 478 g/mol. The lowest BCUT2D eigenvalue weighted by Crippen LogP contribution is -2.13. The summed E-state index contributed by atoms with van der Waals surface area (Å²) < 4.78 is 6.55. The summed E-state index contributed by atoms with van der Waals surface area (Å²) in [5, 5.41) is 20.7. The first-order valence-electron chi connectivity index (χ1n) is 7.15.